The lowest BCUT2D eigenvalue weighted by Gasteiger charge is -2.23. The second-order valence-corrected chi connectivity index (χ2v) is 5.45. The maximum atomic E-state index is 11.9. The number of carbonyl (C=O) groups excluding carboxylic acids is 1. The Labute approximate surface area is 112 Å². The fourth-order valence-electron chi connectivity index (χ4n) is 1.51. The summed E-state index contributed by atoms with van der Waals surface area (Å²) >= 11 is 5.82. The van der Waals surface area contributed by atoms with Crippen molar-refractivity contribution in [2.75, 3.05) is 0 Å². The van der Waals surface area contributed by atoms with Gasteiger partial charge in [0, 0.05) is 5.02 Å². The van der Waals surface area contributed by atoms with Crippen LogP contribution < -0.4 is 5.73 Å². The zero-order valence-electron chi connectivity index (χ0n) is 10.7. The number of aliphatic hydroxyl groups excluding tert-OH is 1. The van der Waals surface area contributed by atoms with Crippen LogP contribution in [0.4, 0.5) is 0 Å². The standard InChI is InChI=1S/C13H18ClNO3/c1-13(2,3)18-12(17)11(15)10-5-4-9(14)6-8(10)7-16/h4-6,11,16H,7,15H2,1-3H3. The molecule has 1 unspecified atom stereocenters. The molecule has 0 spiro atoms. The van der Waals surface area contributed by atoms with Gasteiger partial charge in [-0.15, -0.1) is 0 Å². The molecule has 0 saturated heterocycles. The summed E-state index contributed by atoms with van der Waals surface area (Å²) in [5.74, 6) is -0.528. The number of halogens is 1. The molecule has 0 radical (unpaired) electrons. The Morgan fingerprint density at radius 1 is 1.50 bits per heavy atom. The molecule has 1 rings (SSSR count). The van der Waals surface area contributed by atoms with Crippen LogP contribution in [0.3, 0.4) is 0 Å². The lowest BCUT2D eigenvalue weighted by Crippen LogP contribution is -2.32. The second kappa shape index (κ2) is 5.69. The van der Waals surface area contributed by atoms with E-state index >= 15 is 0 Å². The third kappa shape index (κ3) is 3.98. The highest BCUT2D eigenvalue weighted by molar-refractivity contribution is 6.30. The van der Waals surface area contributed by atoms with Crippen molar-refractivity contribution >= 4 is 17.6 Å². The Kier molecular flexibility index (Phi) is 4.73. The fourth-order valence-corrected chi connectivity index (χ4v) is 1.70. The van der Waals surface area contributed by atoms with Gasteiger partial charge in [-0.2, -0.15) is 0 Å². The van der Waals surface area contributed by atoms with Crippen LogP contribution in [0.1, 0.15) is 37.9 Å². The number of nitrogens with two attached hydrogens (primary N) is 1. The van der Waals surface area contributed by atoms with Gasteiger partial charge < -0.3 is 15.6 Å². The first-order valence-electron chi connectivity index (χ1n) is 5.62. The first kappa shape index (κ1) is 15.0. The van der Waals surface area contributed by atoms with Gasteiger partial charge in [-0.05, 0) is 44.0 Å². The van der Waals surface area contributed by atoms with E-state index in [2.05, 4.69) is 0 Å². The van der Waals surface area contributed by atoms with Gasteiger partial charge in [-0.25, -0.2) is 4.79 Å². The molecule has 0 aliphatic rings. The molecule has 100 valence electrons. The minimum atomic E-state index is -0.927. The minimum absolute atomic E-state index is 0.230. The van der Waals surface area contributed by atoms with Crippen molar-refractivity contribution in [3.63, 3.8) is 0 Å². The highest BCUT2D eigenvalue weighted by atomic mass is 35.5. The molecule has 5 heteroatoms. The molecule has 0 amide bonds. The summed E-state index contributed by atoms with van der Waals surface area (Å²) < 4.78 is 5.21. The van der Waals surface area contributed by atoms with Crippen LogP contribution in [0.2, 0.25) is 5.02 Å². The van der Waals surface area contributed by atoms with Gasteiger partial charge in [-0.1, -0.05) is 17.7 Å². The average molecular weight is 272 g/mol. The summed E-state index contributed by atoms with van der Waals surface area (Å²) in [7, 11) is 0. The van der Waals surface area contributed by atoms with Gasteiger partial charge >= 0.3 is 5.97 Å². The maximum Gasteiger partial charge on any atom is 0.328 e. The highest BCUT2D eigenvalue weighted by Gasteiger charge is 2.25. The van der Waals surface area contributed by atoms with E-state index < -0.39 is 17.6 Å². The van der Waals surface area contributed by atoms with Crippen LogP contribution in [0, 0.1) is 0 Å². The van der Waals surface area contributed by atoms with Crippen molar-refractivity contribution in [2.24, 2.45) is 5.73 Å². The normalized spacial score (nSPS) is 13.2. The topological polar surface area (TPSA) is 72.5 Å². The predicted octanol–water partition coefficient (Wildman–Crippen LogP) is 2.17. The first-order chi connectivity index (χ1) is 8.24. The molecule has 0 aliphatic carbocycles. The molecule has 0 heterocycles. The maximum absolute atomic E-state index is 11.9. The highest BCUT2D eigenvalue weighted by Crippen LogP contribution is 2.23. The van der Waals surface area contributed by atoms with Crippen molar-refractivity contribution in [1.82, 2.24) is 0 Å². The fraction of sp³-hybridized carbons (Fsp3) is 0.462. The predicted molar refractivity (Wildman–Crippen MR) is 70.1 cm³/mol. The van der Waals surface area contributed by atoms with Crippen LogP contribution in [0.25, 0.3) is 0 Å². The third-order valence-corrected chi connectivity index (χ3v) is 2.51. The van der Waals surface area contributed by atoms with Gasteiger partial charge in [0.25, 0.3) is 0 Å². The quantitative estimate of drug-likeness (QED) is 0.827. The lowest BCUT2D eigenvalue weighted by molar-refractivity contribution is -0.156. The van der Waals surface area contributed by atoms with Crippen molar-refractivity contribution in [2.45, 2.75) is 39.0 Å². The first-order valence-corrected chi connectivity index (χ1v) is 6.00. The molecular weight excluding hydrogens is 254 g/mol. The molecule has 3 N–H and O–H groups in total. The summed E-state index contributed by atoms with van der Waals surface area (Å²) in [5, 5.41) is 9.73. The Balaban J connectivity index is 2.96. The molecule has 0 aliphatic heterocycles. The van der Waals surface area contributed by atoms with Gasteiger partial charge in [-0.3, -0.25) is 0 Å². The molecule has 0 saturated carbocycles. The zero-order chi connectivity index (χ0) is 13.9. The summed E-state index contributed by atoms with van der Waals surface area (Å²) in [4.78, 5) is 11.9. The van der Waals surface area contributed by atoms with E-state index in [1.807, 2.05) is 0 Å². The van der Waals surface area contributed by atoms with Gasteiger partial charge in [0.1, 0.15) is 11.6 Å². The van der Waals surface area contributed by atoms with Crippen LogP contribution in [-0.4, -0.2) is 16.7 Å². The van der Waals surface area contributed by atoms with E-state index in [1.165, 1.54) is 0 Å². The molecule has 0 aromatic heterocycles. The number of benzene rings is 1. The van der Waals surface area contributed by atoms with Gasteiger partial charge in [0.2, 0.25) is 0 Å². The summed E-state index contributed by atoms with van der Waals surface area (Å²) in [6.45, 7) is 5.08. The Morgan fingerprint density at radius 2 is 2.11 bits per heavy atom. The number of carbonyl (C=O) groups is 1. The molecular formula is C13H18ClNO3. The molecule has 4 nitrogen and oxygen atoms in total. The summed E-state index contributed by atoms with van der Waals surface area (Å²) in [5.41, 5.74) is 6.30. The van der Waals surface area contributed by atoms with Gasteiger partial charge in [0.05, 0.1) is 6.61 Å². The smallest absolute Gasteiger partial charge is 0.328 e. The van der Waals surface area contributed by atoms with E-state index in [-0.39, 0.29) is 6.61 Å². The molecule has 0 fully saturated rings. The molecule has 1 aromatic rings. The average Bonchev–Trinajstić information content (AvgIpc) is 2.25. The second-order valence-electron chi connectivity index (χ2n) is 5.01. The lowest BCUT2D eigenvalue weighted by atomic mass is 10.0. The number of hydrogen-bond donors (Lipinski definition) is 2. The number of esters is 1. The Hall–Kier alpha value is -1.10. The minimum Gasteiger partial charge on any atom is -0.459 e. The number of hydrogen-bond acceptors (Lipinski definition) is 4. The van der Waals surface area contributed by atoms with Crippen LogP contribution >= 0.6 is 11.6 Å². The van der Waals surface area contributed by atoms with Gasteiger partial charge in [0.15, 0.2) is 0 Å². The van der Waals surface area contributed by atoms with E-state index in [4.69, 9.17) is 22.1 Å². The van der Waals surface area contributed by atoms with E-state index in [1.54, 1.807) is 39.0 Å². The number of rotatable bonds is 3. The molecule has 1 atom stereocenters. The van der Waals surface area contributed by atoms with E-state index in [0.29, 0.717) is 16.1 Å². The largest absolute Gasteiger partial charge is 0.459 e. The SMILES string of the molecule is CC(C)(C)OC(=O)C(N)c1ccc(Cl)cc1CO. The van der Waals surface area contributed by atoms with E-state index in [0.717, 1.165) is 0 Å². The number of aliphatic hydroxyl groups is 1. The molecule has 0 bridgehead atoms. The van der Waals surface area contributed by atoms with Crippen LogP contribution in [-0.2, 0) is 16.1 Å². The monoisotopic (exact) mass is 271 g/mol. The van der Waals surface area contributed by atoms with Crippen molar-refractivity contribution in [3.8, 4) is 0 Å². The Bertz CT molecular complexity index is 440. The zero-order valence-corrected chi connectivity index (χ0v) is 11.5. The Morgan fingerprint density at radius 3 is 2.61 bits per heavy atom. The van der Waals surface area contributed by atoms with E-state index in [9.17, 15) is 9.90 Å². The van der Waals surface area contributed by atoms with Crippen molar-refractivity contribution in [1.29, 1.82) is 0 Å². The van der Waals surface area contributed by atoms with Crippen LogP contribution in [0.5, 0.6) is 0 Å². The number of ether oxygens (including phenoxy) is 1. The van der Waals surface area contributed by atoms with Crippen molar-refractivity contribution < 1.29 is 14.6 Å². The van der Waals surface area contributed by atoms with Crippen LogP contribution in [0.15, 0.2) is 18.2 Å². The molecule has 18 heavy (non-hydrogen) atoms. The summed E-state index contributed by atoms with van der Waals surface area (Å²) in [6, 6.07) is 3.91. The molecule has 1 aromatic carbocycles. The summed E-state index contributed by atoms with van der Waals surface area (Å²) in [6.07, 6.45) is 0. The third-order valence-electron chi connectivity index (χ3n) is 2.27. The van der Waals surface area contributed by atoms with Crippen molar-refractivity contribution in [3.05, 3.63) is 34.3 Å².